The van der Waals surface area contributed by atoms with Gasteiger partial charge in [-0.25, -0.2) is 9.37 Å². The molecule has 0 aliphatic carbocycles. The Morgan fingerprint density at radius 3 is 2.79 bits per heavy atom. The summed E-state index contributed by atoms with van der Waals surface area (Å²) in [5.41, 5.74) is 9.15. The highest BCUT2D eigenvalue weighted by Gasteiger charge is 2.09. The van der Waals surface area contributed by atoms with E-state index in [4.69, 9.17) is 5.73 Å². The van der Waals surface area contributed by atoms with Crippen LogP contribution in [0.25, 0.3) is 22.4 Å². The van der Waals surface area contributed by atoms with Gasteiger partial charge in [-0.3, -0.25) is 0 Å². The molecular formula is C14H11BrFN3. The Morgan fingerprint density at radius 1 is 1.26 bits per heavy atom. The highest BCUT2D eigenvalue weighted by Crippen LogP contribution is 2.27. The van der Waals surface area contributed by atoms with Crippen LogP contribution in [0.2, 0.25) is 0 Å². The molecule has 0 saturated carbocycles. The second-order valence-corrected chi connectivity index (χ2v) is 5.36. The van der Waals surface area contributed by atoms with Crippen molar-refractivity contribution in [2.45, 2.75) is 6.92 Å². The van der Waals surface area contributed by atoms with Gasteiger partial charge in [0.05, 0.1) is 16.7 Å². The van der Waals surface area contributed by atoms with E-state index in [9.17, 15) is 4.39 Å². The molecule has 0 fully saturated rings. The van der Waals surface area contributed by atoms with Crippen molar-refractivity contribution in [3.63, 3.8) is 0 Å². The zero-order valence-electron chi connectivity index (χ0n) is 10.2. The smallest absolute Gasteiger partial charge is 0.146 e. The van der Waals surface area contributed by atoms with Gasteiger partial charge in [0, 0.05) is 10.0 Å². The summed E-state index contributed by atoms with van der Waals surface area (Å²) in [4.78, 5) is 7.70. The number of fused-ring (bicyclic) bond motifs is 1. The van der Waals surface area contributed by atoms with Crippen LogP contribution in [0.1, 0.15) is 5.56 Å². The molecule has 0 saturated heterocycles. The summed E-state index contributed by atoms with van der Waals surface area (Å²) in [5, 5.41) is 0. The van der Waals surface area contributed by atoms with Gasteiger partial charge in [-0.05, 0) is 42.8 Å². The van der Waals surface area contributed by atoms with Gasteiger partial charge in [-0.2, -0.15) is 0 Å². The first-order chi connectivity index (χ1) is 9.04. The molecule has 0 aliphatic heterocycles. The van der Waals surface area contributed by atoms with E-state index in [1.165, 1.54) is 6.07 Å². The molecule has 0 bridgehead atoms. The van der Waals surface area contributed by atoms with Crippen molar-refractivity contribution >= 4 is 32.7 Å². The summed E-state index contributed by atoms with van der Waals surface area (Å²) < 4.78 is 14.5. The Balaban J connectivity index is 2.20. The topological polar surface area (TPSA) is 54.7 Å². The SMILES string of the molecule is Cc1cc(Br)cc2[nH]c(-c3ccc(N)c(F)c3)nc12. The second kappa shape index (κ2) is 4.35. The maximum atomic E-state index is 13.5. The molecule has 1 heterocycles. The molecule has 0 unspecified atom stereocenters. The zero-order valence-corrected chi connectivity index (χ0v) is 11.8. The van der Waals surface area contributed by atoms with Crippen molar-refractivity contribution in [2.75, 3.05) is 5.73 Å². The number of imidazole rings is 1. The van der Waals surface area contributed by atoms with Crippen LogP contribution in [-0.2, 0) is 0 Å². The maximum Gasteiger partial charge on any atom is 0.146 e. The molecule has 3 aromatic rings. The first kappa shape index (κ1) is 12.2. The quantitative estimate of drug-likeness (QED) is 0.665. The van der Waals surface area contributed by atoms with E-state index in [2.05, 4.69) is 25.9 Å². The summed E-state index contributed by atoms with van der Waals surface area (Å²) in [6.07, 6.45) is 0. The molecule has 0 radical (unpaired) electrons. The molecule has 3 rings (SSSR count). The number of anilines is 1. The highest BCUT2D eigenvalue weighted by molar-refractivity contribution is 9.10. The normalized spacial score (nSPS) is 11.1. The molecule has 3 N–H and O–H groups in total. The van der Waals surface area contributed by atoms with E-state index < -0.39 is 5.82 Å². The lowest BCUT2D eigenvalue weighted by molar-refractivity contribution is 0.633. The Labute approximate surface area is 117 Å². The minimum Gasteiger partial charge on any atom is -0.396 e. The number of nitrogen functional groups attached to an aromatic ring is 1. The van der Waals surface area contributed by atoms with Crippen LogP contribution in [0.4, 0.5) is 10.1 Å². The number of aromatic nitrogens is 2. The third kappa shape index (κ3) is 2.10. The Bertz CT molecular complexity index is 780. The number of nitrogens with two attached hydrogens (primary N) is 1. The van der Waals surface area contributed by atoms with Crippen LogP contribution in [-0.4, -0.2) is 9.97 Å². The number of hydrogen-bond acceptors (Lipinski definition) is 2. The molecule has 3 nitrogen and oxygen atoms in total. The lowest BCUT2D eigenvalue weighted by atomic mass is 10.2. The fraction of sp³-hybridized carbons (Fsp3) is 0.0714. The van der Waals surface area contributed by atoms with E-state index in [-0.39, 0.29) is 5.69 Å². The molecular weight excluding hydrogens is 309 g/mol. The van der Waals surface area contributed by atoms with Crippen molar-refractivity contribution < 1.29 is 4.39 Å². The van der Waals surface area contributed by atoms with Gasteiger partial charge in [-0.15, -0.1) is 0 Å². The number of halogens is 2. The van der Waals surface area contributed by atoms with E-state index in [0.29, 0.717) is 11.4 Å². The molecule has 96 valence electrons. The van der Waals surface area contributed by atoms with Crippen LogP contribution >= 0.6 is 15.9 Å². The average molecular weight is 320 g/mol. The van der Waals surface area contributed by atoms with Crippen LogP contribution in [0.15, 0.2) is 34.8 Å². The third-order valence-electron chi connectivity index (χ3n) is 3.02. The second-order valence-electron chi connectivity index (χ2n) is 4.44. The maximum absolute atomic E-state index is 13.5. The van der Waals surface area contributed by atoms with Gasteiger partial charge in [0.2, 0.25) is 0 Å². The lowest BCUT2D eigenvalue weighted by Crippen LogP contribution is -1.91. The largest absolute Gasteiger partial charge is 0.396 e. The fourth-order valence-electron chi connectivity index (χ4n) is 2.06. The molecule has 5 heteroatoms. The summed E-state index contributed by atoms with van der Waals surface area (Å²) in [5.74, 6) is 0.200. The number of aryl methyl sites for hydroxylation is 1. The minimum absolute atomic E-state index is 0.138. The molecule has 0 amide bonds. The lowest BCUT2D eigenvalue weighted by Gasteiger charge is -1.99. The monoisotopic (exact) mass is 319 g/mol. The highest BCUT2D eigenvalue weighted by atomic mass is 79.9. The van der Waals surface area contributed by atoms with Gasteiger partial charge >= 0.3 is 0 Å². The van der Waals surface area contributed by atoms with Crippen LogP contribution in [0.5, 0.6) is 0 Å². The van der Waals surface area contributed by atoms with Gasteiger partial charge < -0.3 is 10.7 Å². The molecule has 0 aliphatic rings. The summed E-state index contributed by atoms with van der Waals surface area (Å²) in [6.45, 7) is 1.99. The molecule has 1 aromatic heterocycles. The van der Waals surface area contributed by atoms with Crippen molar-refractivity contribution in [3.8, 4) is 11.4 Å². The number of nitrogens with zero attached hydrogens (tertiary/aromatic N) is 1. The van der Waals surface area contributed by atoms with Crippen LogP contribution < -0.4 is 5.73 Å². The van der Waals surface area contributed by atoms with E-state index in [0.717, 1.165) is 21.1 Å². The fourth-order valence-corrected chi connectivity index (χ4v) is 2.63. The van der Waals surface area contributed by atoms with Gasteiger partial charge in [0.1, 0.15) is 11.6 Å². The Kier molecular flexibility index (Phi) is 2.78. The minimum atomic E-state index is -0.434. The number of nitrogens with one attached hydrogen (secondary N) is 1. The van der Waals surface area contributed by atoms with Crippen molar-refractivity contribution in [1.82, 2.24) is 9.97 Å². The first-order valence-electron chi connectivity index (χ1n) is 5.76. The van der Waals surface area contributed by atoms with Gasteiger partial charge in [0.25, 0.3) is 0 Å². The molecule has 2 aromatic carbocycles. The third-order valence-corrected chi connectivity index (χ3v) is 3.47. The Morgan fingerprint density at radius 2 is 2.05 bits per heavy atom. The zero-order chi connectivity index (χ0) is 13.6. The van der Waals surface area contributed by atoms with Crippen molar-refractivity contribution in [1.29, 1.82) is 0 Å². The number of H-pyrrole nitrogens is 1. The predicted molar refractivity (Wildman–Crippen MR) is 78.3 cm³/mol. The van der Waals surface area contributed by atoms with Crippen molar-refractivity contribution in [3.05, 3.63) is 46.2 Å². The number of rotatable bonds is 1. The number of benzene rings is 2. The summed E-state index contributed by atoms with van der Waals surface area (Å²) >= 11 is 3.45. The van der Waals surface area contributed by atoms with E-state index in [1.54, 1.807) is 12.1 Å². The van der Waals surface area contributed by atoms with Crippen molar-refractivity contribution in [2.24, 2.45) is 0 Å². The summed E-state index contributed by atoms with van der Waals surface area (Å²) in [6, 6.07) is 8.63. The van der Waals surface area contributed by atoms with E-state index >= 15 is 0 Å². The predicted octanol–water partition coefficient (Wildman–Crippen LogP) is 4.02. The van der Waals surface area contributed by atoms with Gasteiger partial charge in [-0.1, -0.05) is 15.9 Å². The van der Waals surface area contributed by atoms with Gasteiger partial charge in [0.15, 0.2) is 0 Å². The Hall–Kier alpha value is -1.88. The summed E-state index contributed by atoms with van der Waals surface area (Å²) in [7, 11) is 0. The average Bonchev–Trinajstić information content (AvgIpc) is 2.76. The standard InChI is InChI=1S/C14H11BrFN3/c1-7-4-9(15)6-12-13(7)19-14(18-12)8-2-3-11(17)10(16)5-8/h2-6H,17H2,1H3,(H,18,19). The number of hydrogen-bond donors (Lipinski definition) is 2. The van der Waals surface area contributed by atoms with Crippen LogP contribution in [0.3, 0.4) is 0 Å². The molecule has 19 heavy (non-hydrogen) atoms. The first-order valence-corrected chi connectivity index (χ1v) is 6.55. The van der Waals surface area contributed by atoms with Crippen LogP contribution in [0, 0.1) is 12.7 Å². The molecule has 0 atom stereocenters. The van der Waals surface area contributed by atoms with E-state index in [1.807, 2.05) is 19.1 Å². The molecule has 0 spiro atoms. The number of aromatic amines is 1.